The normalized spacial score (nSPS) is 21.5. The van der Waals surface area contributed by atoms with Crippen LogP contribution in [0.3, 0.4) is 0 Å². The highest BCUT2D eigenvalue weighted by molar-refractivity contribution is 6.30. The van der Waals surface area contributed by atoms with Crippen molar-refractivity contribution in [2.75, 3.05) is 44.8 Å². The van der Waals surface area contributed by atoms with E-state index in [0.29, 0.717) is 24.5 Å². The lowest BCUT2D eigenvalue weighted by Crippen LogP contribution is -2.53. The van der Waals surface area contributed by atoms with Crippen LogP contribution in [0.4, 0.5) is 18.9 Å². The Bertz CT molecular complexity index is 1270. The molecule has 0 amide bonds. The van der Waals surface area contributed by atoms with Gasteiger partial charge in [0.05, 0.1) is 24.9 Å². The Balaban J connectivity index is 0.000000493. The number of likely N-dealkylation sites (tertiary alicyclic amines) is 1. The minimum absolute atomic E-state index is 0.0496. The number of aliphatic carboxylic acids is 1. The maximum absolute atomic E-state index is 11.5. The number of carbonyl (C=O) groups is 2. The number of nitrogens with zero attached hydrogens (tertiary/aromatic N) is 2. The Morgan fingerprint density at radius 2 is 1.83 bits per heavy atom. The molecule has 0 saturated carbocycles. The number of rotatable bonds is 5. The van der Waals surface area contributed by atoms with E-state index in [1.54, 1.807) is 12.1 Å². The molecule has 2 saturated heterocycles. The number of hydrogen-bond acceptors (Lipinski definition) is 9. The molecular formula is C27H30ClF3N2O8. The number of aromatic hydroxyl groups is 1. The zero-order chi connectivity index (χ0) is 29.9. The monoisotopic (exact) mass is 602 g/mol. The molecule has 1 spiro atoms. The van der Waals surface area contributed by atoms with Gasteiger partial charge in [-0.1, -0.05) is 11.6 Å². The molecule has 0 aromatic heterocycles. The quantitative estimate of drug-likeness (QED) is 0.439. The molecule has 0 bridgehead atoms. The maximum Gasteiger partial charge on any atom is 0.490 e. The number of piperidine rings is 1. The van der Waals surface area contributed by atoms with E-state index in [0.717, 1.165) is 48.7 Å². The van der Waals surface area contributed by atoms with Crippen molar-refractivity contribution in [2.24, 2.45) is 0 Å². The van der Waals surface area contributed by atoms with E-state index in [2.05, 4.69) is 9.64 Å². The first-order valence-corrected chi connectivity index (χ1v) is 13.2. The van der Waals surface area contributed by atoms with E-state index in [9.17, 15) is 28.2 Å². The van der Waals surface area contributed by atoms with Crippen LogP contribution >= 0.6 is 11.6 Å². The zero-order valence-corrected chi connectivity index (χ0v) is 22.8. The molecule has 2 atom stereocenters. The third kappa shape index (κ3) is 7.27. The predicted molar refractivity (Wildman–Crippen MR) is 141 cm³/mol. The standard InChI is InChI=1S/C25H29ClN2O6.C2HF3O2/c1-32-24(31)15-33-23-5-3-18(29)11-19(23)28-13-20(21(30)14-28)27-8-6-25(7-9-27)12-16-10-17(26)2-4-22(16)34-25;3-2(4,5)1(6)7/h2-5,10-11,20-21,29-30H,6-9,12-15H2,1H3;(H,6,7)/t20?,21-;/m1./s1. The number of carboxylic acids is 1. The largest absolute Gasteiger partial charge is 0.508 e. The summed E-state index contributed by atoms with van der Waals surface area (Å²) >= 11 is 6.16. The van der Waals surface area contributed by atoms with Gasteiger partial charge in [0, 0.05) is 56.5 Å². The molecule has 0 aliphatic carbocycles. The van der Waals surface area contributed by atoms with Crippen LogP contribution in [-0.2, 0) is 20.7 Å². The van der Waals surface area contributed by atoms with Crippen molar-refractivity contribution in [1.29, 1.82) is 0 Å². The lowest BCUT2D eigenvalue weighted by atomic mass is 9.86. The number of alkyl halides is 3. The number of halogens is 4. The van der Waals surface area contributed by atoms with Gasteiger partial charge in [0.15, 0.2) is 6.61 Å². The van der Waals surface area contributed by atoms with Crippen molar-refractivity contribution < 1.29 is 52.3 Å². The smallest absolute Gasteiger partial charge is 0.490 e. The van der Waals surface area contributed by atoms with E-state index in [1.165, 1.54) is 13.2 Å². The molecule has 41 heavy (non-hydrogen) atoms. The first-order valence-electron chi connectivity index (χ1n) is 12.8. The molecule has 1 unspecified atom stereocenters. The van der Waals surface area contributed by atoms with Gasteiger partial charge in [0.25, 0.3) is 0 Å². The summed E-state index contributed by atoms with van der Waals surface area (Å²) in [6.07, 6.45) is -3.02. The fourth-order valence-corrected chi connectivity index (χ4v) is 5.53. The van der Waals surface area contributed by atoms with Gasteiger partial charge in [0.1, 0.15) is 22.8 Å². The van der Waals surface area contributed by atoms with Gasteiger partial charge in [0.2, 0.25) is 0 Å². The van der Waals surface area contributed by atoms with Crippen LogP contribution in [0.5, 0.6) is 17.2 Å². The number of methoxy groups -OCH3 is 1. The van der Waals surface area contributed by atoms with E-state index >= 15 is 0 Å². The zero-order valence-electron chi connectivity index (χ0n) is 22.1. The number of aliphatic hydroxyl groups excluding tert-OH is 1. The van der Waals surface area contributed by atoms with Crippen LogP contribution in [0.25, 0.3) is 0 Å². The first-order chi connectivity index (χ1) is 19.3. The van der Waals surface area contributed by atoms with Gasteiger partial charge in [-0.3, -0.25) is 4.90 Å². The van der Waals surface area contributed by atoms with Crippen molar-refractivity contribution in [3.63, 3.8) is 0 Å². The topological polar surface area (TPSA) is 129 Å². The van der Waals surface area contributed by atoms with E-state index < -0.39 is 24.2 Å². The van der Waals surface area contributed by atoms with E-state index in [1.807, 2.05) is 23.1 Å². The molecule has 5 rings (SSSR count). The highest BCUT2D eigenvalue weighted by atomic mass is 35.5. The molecule has 3 heterocycles. The second kappa shape index (κ2) is 12.2. The number of carbonyl (C=O) groups excluding carboxylic acids is 1. The summed E-state index contributed by atoms with van der Waals surface area (Å²) in [6.45, 7) is 2.41. The maximum atomic E-state index is 11.5. The Morgan fingerprint density at radius 1 is 1.15 bits per heavy atom. The van der Waals surface area contributed by atoms with Gasteiger partial charge in [-0.15, -0.1) is 0 Å². The van der Waals surface area contributed by atoms with Gasteiger partial charge >= 0.3 is 18.1 Å². The number of anilines is 1. The number of β-amino-alcohol motifs (C(OH)–C–C–N with tert-alkyl or cyclic N) is 1. The van der Waals surface area contributed by atoms with Crippen LogP contribution in [0.2, 0.25) is 5.02 Å². The SMILES string of the molecule is COC(=O)COc1ccc(O)cc1N1CC(N2CCC3(CC2)Cc2cc(Cl)ccc2O3)[C@H](O)C1.O=C(O)C(F)(F)F. The van der Waals surface area contributed by atoms with E-state index in [4.69, 9.17) is 31.0 Å². The van der Waals surface area contributed by atoms with Crippen LogP contribution in [0.1, 0.15) is 18.4 Å². The molecule has 2 fully saturated rings. The Morgan fingerprint density at radius 3 is 2.46 bits per heavy atom. The lowest BCUT2D eigenvalue weighted by molar-refractivity contribution is -0.192. The molecular weight excluding hydrogens is 573 g/mol. The molecule has 3 aliphatic heterocycles. The minimum Gasteiger partial charge on any atom is -0.508 e. The molecule has 2 aromatic rings. The Labute approximate surface area is 238 Å². The van der Waals surface area contributed by atoms with Crippen molar-refractivity contribution in [2.45, 2.75) is 43.2 Å². The third-order valence-corrected chi connectivity index (χ3v) is 7.63. The van der Waals surface area contributed by atoms with Crippen molar-refractivity contribution in [3.05, 3.63) is 47.0 Å². The van der Waals surface area contributed by atoms with Gasteiger partial charge < -0.3 is 34.4 Å². The average molecular weight is 603 g/mol. The number of esters is 1. The first kappa shape index (κ1) is 30.5. The van der Waals surface area contributed by atoms with Gasteiger partial charge in [-0.05, 0) is 35.9 Å². The average Bonchev–Trinajstić information content (AvgIpc) is 3.47. The highest BCUT2D eigenvalue weighted by Crippen LogP contribution is 2.43. The van der Waals surface area contributed by atoms with Crippen LogP contribution < -0.4 is 14.4 Å². The van der Waals surface area contributed by atoms with Crippen LogP contribution in [0.15, 0.2) is 36.4 Å². The summed E-state index contributed by atoms with van der Waals surface area (Å²) in [5.74, 6) is -1.76. The molecule has 3 aliphatic rings. The van der Waals surface area contributed by atoms with Crippen molar-refractivity contribution in [3.8, 4) is 17.2 Å². The Hall–Kier alpha value is -3.42. The number of hydrogen-bond donors (Lipinski definition) is 3. The summed E-state index contributed by atoms with van der Waals surface area (Å²) in [7, 11) is 1.30. The molecule has 14 heteroatoms. The fourth-order valence-electron chi connectivity index (χ4n) is 5.34. The summed E-state index contributed by atoms with van der Waals surface area (Å²) in [5, 5.41) is 28.8. The summed E-state index contributed by atoms with van der Waals surface area (Å²) in [5.41, 5.74) is 1.61. The number of benzene rings is 2. The summed E-state index contributed by atoms with van der Waals surface area (Å²) in [6, 6.07) is 10.5. The van der Waals surface area contributed by atoms with Gasteiger partial charge in [-0.2, -0.15) is 13.2 Å². The molecule has 3 N–H and O–H groups in total. The minimum atomic E-state index is -5.08. The molecule has 224 valence electrons. The van der Waals surface area contributed by atoms with Gasteiger partial charge in [-0.25, -0.2) is 9.59 Å². The molecule has 10 nitrogen and oxygen atoms in total. The number of phenols is 1. The number of ether oxygens (including phenoxy) is 3. The second-order valence-electron chi connectivity index (χ2n) is 10.1. The number of phenolic OH excluding ortho intramolecular Hbond substituents is 1. The summed E-state index contributed by atoms with van der Waals surface area (Å²) < 4.78 is 48.4. The second-order valence-corrected chi connectivity index (χ2v) is 10.5. The number of fused-ring (bicyclic) bond motifs is 1. The number of aliphatic hydroxyl groups is 1. The lowest BCUT2D eigenvalue weighted by Gasteiger charge is -2.41. The van der Waals surface area contributed by atoms with Crippen LogP contribution in [0, 0.1) is 0 Å². The fraction of sp³-hybridized carbons (Fsp3) is 0.481. The van der Waals surface area contributed by atoms with Crippen molar-refractivity contribution in [1.82, 2.24) is 4.90 Å². The Kier molecular flexibility index (Phi) is 9.10. The van der Waals surface area contributed by atoms with Crippen molar-refractivity contribution >= 4 is 29.2 Å². The van der Waals surface area contributed by atoms with Crippen LogP contribution in [-0.4, -0.2) is 96.0 Å². The number of carboxylic acid groups (broad SMARTS) is 1. The third-order valence-electron chi connectivity index (χ3n) is 7.40. The molecule has 2 aromatic carbocycles. The summed E-state index contributed by atoms with van der Waals surface area (Å²) in [4.78, 5) is 24.7. The molecule has 0 radical (unpaired) electrons. The van der Waals surface area contributed by atoms with E-state index in [-0.39, 0.29) is 24.0 Å². The predicted octanol–water partition coefficient (Wildman–Crippen LogP) is 3.25. The highest BCUT2D eigenvalue weighted by Gasteiger charge is 2.45.